The Bertz CT molecular complexity index is 870. The Morgan fingerprint density at radius 1 is 1.21 bits per heavy atom. The summed E-state index contributed by atoms with van der Waals surface area (Å²) in [5, 5.41) is 5.56. The summed E-state index contributed by atoms with van der Waals surface area (Å²) in [7, 11) is 0. The minimum atomic E-state index is -0.597. The lowest BCUT2D eigenvalue weighted by Gasteiger charge is -2.17. The molecule has 1 atom stereocenters. The molecule has 0 unspecified atom stereocenters. The zero-order valence-electron chi connectivity index (χ0n) is 15.6. The highest BCUT2D eigenvalue weighted by Crippen LogP contribution is 2.32. The first-order valence-corrected chi connectivity index (χ1v) is 10.1. The quantitative estimate of drug-likeness (QED) is 0.701. The number of carbonyl (C=O) groups is 3. The summed E-state index contributed by atoms with van der Waals surface area (Å²) >= 11 is 1.42. The molecule has 0 radical (unpaired) electrons. The Kier molecular flexibility index (Phi) is 6.71. The van der Waals surface area contributed by atoms with E-state index in [4.69, 9.17) is 4.74 Å². The molecule has 0 bridgehead atoms. The standard InChI is InChI=1S/C21H22N2O4S/c1-14(7-8-15-5-3-2-4-6-15)22-19(24)12-27-21(26)16-9-10-18-17(11-16)23-20(25)13-28-18/h2-6,9-11,14H,7-8,12-13H2,1H3,(H,22,24)(H,23,25)/t14-/m1/s1. The lowest BCUT2D eigenvalue weighted by Crippen LogP contribution is -2.36. The number of amides is 2. The predicted molar refractivity (Wildman–Crippen MR) is 108 cm³/mol. The maximum Gasteiger partial charge on any atom is 0.338 e. The predicted octanol–water partition coefficient (Wildman–Crippen LogP) is 3.03. The van der Waals surface area contributed by atoms with Crippen LogP contribution < -0.4 is 10.6 Å². The molecule has 2 aromatic carbocycles. The maximum absolute atomic E-state index is 12.2. The van der Waals surface area contributed by atoms with Crippen molar-refractivity contribution in [3.63, 3.8) is 0 Å². The third-order valence-corrected chi connectivity index (χ3v) is 5.37. The molecule has 0 spiro atoms. The topological polar surface area (TPSA) is 84.5 Å². The SMILES string of the molecule is C[C@H](CCc1ccccc1)NC(=O)COC(=O)c1ccc2c(c1)NC(=O)CS2. The summed E-state index contributed by atoms with van der Waals surface area (Å²) < 4.78 is 5.10. The van der Waals surface area contributed by atoms with Crippen LogP contribution in [0.4, 0.5) is 5.69 Å². The minimum absolute atomic E-state index is 0.0256. The van der Waals surface area contributed by atoms with Crippen LogP contribution >= 0.6 is 11.8 Å². The first-order valence-electron chi connectivity index (χ1n) is 9.08. The lowest BCUT2D eigenvalue weighted by atomic mass is 10.1. The number of hydrogen-bond acceptors (Lipinski definition) is 5. The van der Waals surface area contributed by atoms with E-state index in [0.29, 0.717) is 17.0 Å². The van der Waals surface area contributed by atoms with Crippen molar-refractivity contribution in [2.45, 2.75) is 30.7 Å². The highest BCUT2D eigenvalue weighted by Gasteiger charge is 2.18. The first kappa shape index (κ1) is 19.9. The molecule has 2 aromatic rings. The molecule has 0 aromatic heterocycles. The van der Waals surface area contributed by atoms with Crippen LogP contribution in [-0.2, 0) is 20.7 Å². The van der Waals surface area contributed by atoms with Gasteiger partial charge < -0.3 is 15.4 Å². The summed E-state index contributed by atoms with van der Waals surface area (Å²) in [4.78, 5) is 36.6. The summed E-state index contributed by atoms with van der Waals surface area (Å²) in [5.41, 5.74) is 2.11. The third kappa shape index (κ3) is 5.60. The van der Waals surface area contributed by atoms with E-state index >= 15 is 0 Å². The molecule has 1 aliphatic heterocycles. The van der Waals surface area contributed by atoms with Gasteiger partial charge in [-0.3, -0.25) is 9.59 Å². The maximum atomic E-state index is 12.2. The van der Waals surface area contributed by atoms with Crippen LogP contribution in [-0.4, -0.2) is 36.2 Å². The molecule has 0 aliphatic carbocycles. The van der Waals surface area contributed by atoms with Gasteiger partial charge in [0.25, 0.3) is 5.91 Å². The van der Waals surface area contributed by atoms with Crippen molar-refractivity contribution in [2.75, 3.05) is 17.7 Å². The van der Waals surface area contributed by atoms with Crippen molar-refractivity contribution in [1.82, 2.24) is 5.32 Å². The van der Waals surface area contributed by atoms with E-state index in [1.165, 1.54) is 17.3 Å². The number of ether oxygens (including phenoxy) is 1. The number of benzene rings is 2. The number of nitrogens with one attached hydrogen (secondary N) is 2. The zero-order valence-corrected chi connectivity index (χ0v) is 16.4. The number of carbonyl (C=O) groups excluding carboxylic acids is 3. The Labute approximate surface area is 168 Å². The second-order valence-corrected chi connectivity index (χ2v) is 7.63. The first-order chi connectivity index (χ1) is 13.5. The van der Waals surface area contributed by atoms with Gasteiger partial charge in [-0.15, -0.1) is 11.8 Å². The molecule has 2 amide bonds. The van der Waals surface area contributed by atoms with E-state index in [-0.39, 0.29) is 24.5 Å². The second kappa shape index (κ2) is 9.41. The van der Waals surface area contributed by atoms with Crippen molar-refractivity contribution < 1.29 is 19.1 Å². The van der Waals surface area contributed by atoms with Crippen LogP contribution in [0.5, 0.6) is 0 Å². The molecule has 1 heterocycles. The average molecular weight is 398 g/mol. The number of aryl methyl sites for hydroxylation is 1. The number of thioether (sulfide) groups is 1. The highest BCUT2D eigenvalue weighted by atomic mass is 32.2. The smallest absolute Gasteiger partial charge is 0.338 e. The number of esters is 1. The molecule has 1 aliphatic rings. The number of anilines is 1. The second-order valence-electron chi connectivity index (χ2n) is 6.62. The number of fused-ring (bicyclic) bond motifs is 1. The van der Waals surface area contributed by atoms with E-state index in [9.17, 15) is 14.4 Å². The summed E-state index contributed by atoms with van der Waals surface area (Å²) in [6.07, 6.45) is 1.66. The van der Waals surface area contributed by atoms with E-state index in [2.05, 4.69) is 22.8 Å². The molecular formula is C21H22N2O4S. The molecule has 28 heavy (non-hydrogen) atoms. The summed E-state index contributed by atoms with van der Waals surface area (Å²) in [6, 6.07) is 15.0. The zero-order chi connectivity index (χ0) is 19.9. The van der Waals surface area contributed by atoms with Crippen LogP contribution in [0, 0.1) is 0 Å². The monoisotopic (exact) mass is 398 g/mol. The van der Waals surface area contributed by atoms with Crippen molar-refractivity contribution in [1.29, 1.82) is 0 Å². The van der Waals surface area contributed by atoms with Crippen LogP contribution in [0.1, 0.15) is 29.3 Å². The van der Waals surface area contributed by atoms with Crippen LogP contribution in [0.2, 0.25) is 0 Å². The molecule has 2 N–H and O–H groups in total. The molecule has 7 heteroatoms. The average Bonchev–Trinajstić information content (AvgIpc) is 2.70. The molecule has 0 saturated heterocycles. The Balaban J connectivity index is 1.44. The lowest BCUT2D eigenvalue weighted by molar-refractivity contribution is -0.124. The molecular weight excluding hydrogens is 376 g/mol. The van der Waals surface area contributed by atoms with Gasteiger partial charge in [0, 0.05) is 10.9 Å². The van der Waals surface area contributed by atoms with Crippen LogP contribution in [0.3, 0.4) is 0 Å². The third-order valence-electron chi connectivity index (χ3n) is 4.30. The van der Waals surface area contributed by atoms with Gasteiger partial charge in [0.15, 0.2) is 6.61 Å². The molecule has 0 saturated carbocycles. The fourth-order valence-electron chi connectivity index (χ4n) is 2.84. The van der Waals surface area contributed by atoms with Gasteiger partial charge in [-0.1, -0.05) is 30.3 Å². The van der Waals surface area contributed by atoms with Gasteiger partial charge in [-0.2, -0.15) is 0 Å². The molecule has 6 nitrogen and oxygen atoms in total. The Hall–Kier alpha value is -2.80. The number of rotatable bonds is 7. The summed E-state index contributed by atoms with van der Waals surface area (Å²) in [5.74, 6) is -0.679. The largest absolute Gasteiger partial charge is 0.452 e. The van der Waals surface area contributed by atoms with Gasteiger partial charge in [0.1, 0.15) is 0 Å². The van der Waals surface area contributed by atoms with Crippen molar-refractivity contribution in [3.8, 4) is 0 Å². The van der Waals surface area contributed by atoms with Crippen molar-refractivity contribution in [2.24, 2.45) is 0 Å². The highest BCUT2D eigenvalue weighted by molar-refractivity contribution is 8.00. The van der Waals surface area contributed by atoms with Crippen molar-refractivity contribution >= 4 is 35.2 Å². The van der Waals surface area contributed by atoms with E-state index in [0.717, 1.165) is 17.7 Å². The van der Waals surface area contributed by atoms with Gasteiger partial charge in [0.05, 0.1) is 17.0 Å². The van der Waals surface area contributed by atoms with Gasteiger partial charge >= 0.3 is 5.97 Å². The van der Waals surface area contributed by atoms with E-state index in [1.54, 1.807) is 18.2 Å². The van der Waals surface area contributed by atoms with Gasteiger partial charge in [-0.05, 0) is 43.5 Å². The van der Waals surface area contributed by atoms with E-state index < -0.39 is 5.97 Å². The van der Waals surface area contributed by atoms with Gasteiger partial charge in [-0.25, -0.2) is 4.79 Å². The van der Waals surface area contributed by atoms with Gasteiger partial charge in [0.2, 0.25) is 5.91 Å². The number of hydrogen-bond donors (Lipinski definition) is 2. The molecule has 146 valence electrons. The minimum Gasteiger partial charge on any atom is -0.452 e. The van der Waals surface area contributed by atoms with E-state index in [1.807, 2.05) is 25.1 Å². The van der Waals surface area contributed by atoms with Crippen LogP contribution in [0.25, 0.3) is 0 Å². The fraction of sp³-hybridized carbons (Fsp3) is 0.286. The Morgan fingerprint density at radius 2 is 2.00 bits per heavy atom. The fourth-order valence-corrected chi connectivity index (χ4v) is 3.63. The summed E-state index contributed by atoms with van der Waals surface area (Å²) in [6.45, 7) is 1.58. The normalized spacial score (nSPS) is 13.8. The van der Waals surface area contributed by atoms with Crippen molar-refractivity contribution in [3.05, 3.63) is 59.7 Å². The Morgan fingerprint density at radius 3 is 2.79 bits per heavy atom. The molecule has 0 fully saturated rings. The molecule has 3 rings (SSSR count). The van der Waals surface area contributed by atoms with Crippen LogP contribution in [0.15, 0.2) is 53.4 Å².